The number of carbonyl (C=O) groups is 1. The molecule has 0 N–H and O–H groups in total. The molecule has 0 saturated carbocycles. The van der Waals surface area contributed by atoms with Crippen molar-refractivity contribution >= 4 is 12.0 Å². The van der Waals surface area contributed by atoms with E-state index < -0.39 is 0 Å². The van der Waals surface area contributed by atoms with Crippen LogP contribution in [0.25, 0.3) is 4.85 Å². The van der Waals surface area contributed by atoms with Crippen LogP contribution in [0.15, 0.2) is 4.99 Å². The lowest BCUT2D eigenvalue weighted by atomic mass is 10.5. The number of hydrogen-bond acceptors (Lipinski definition) is 2. The Morgan fingerprint density at radius 3 is 3.00 bits per heavy atom. The van der Waals surface area contributed by atoms with Gasteiger partial charge in [0, 0.05) is 0 Å². The molecule has 0 aromatic carbocycles. The highest BCUT2D eigenvalue weighted by molar-refractivity contribution is 6.27. The van der Waals surface area contributed by atoms with Crippen LogP contribution >= 0.6 is 0 Å². The number of rotatable bonds is 3. The van der Waals surface area contributed by atoms with Crippen LogP contribution in [0.3, 0.4) is 0 Å². The molecule has 0 amide bonds. The maximum atomic E-state index is 9.89. The van der Waals surface area contributed by atoms with E-state index in [4.69, 9.17) is 6.57 Å². The summed E-state index contributed by atoms with van der Waals surface area (Å²) in [5.41, 5.74) is 0.457. The van der Waals surface area contributed by atoms with Crippen LogP contribution in [0.5, 0.6) is 0 Å². The molecule has 0 radical (unpaired) electrons. The molecule has 9 heavy (non-hydrogen) atoms. The Morgan fingerprint density at radius 2 is 2.56 bits per heavy atom. The smallest absolute Gasteiger partial charge is 0.233 e. The lowest BCUT2D eigenvalue weighted by Crippen LogP contribution is -1.94. The number of carbonyl (C=O) groups excluding carboxylic acids is 1. The predicted octanol–water partition coefficient (Wildman–Crippen LogP) is 0.565. The molecule has 0 fully saturated rings. The molecule has 0 unspecified atom stereocenters. The lowest BCUT2D eigenvalue weighted by Gasteiger charge is -1.82. The topological polar surface area (TPSA) is 33.8 Å². The van der Waals surface area contributed by atoms with Gasteiger partial charge in [0.1, 0.15) is 6.54 Å². The third-order valence-electron chi connectivity index (χ3n) is 0.744. The highest BCUT2D eigenvalue weighted by Crippen LogP contribution is 1.74. The lowest BCUT2D eigenvalue weighted by molar-refractivity contribution is -0.102. The Labute approximate surface area is 54.2 Å². The molecule has 0 aliphatic rings. The van der Waals surface area contributed by atoms with Gasteiger partial charge in [-0.15, -0.1) is 0 Å². The summed E-state index contributed by atoms with van der Waals surface area (Å²) in [5.74, 6) is 0. The van der Waals surface area contributed by atoms with Gasteiger partial charge in [-0.25, -0.2) is 6.57 Å². The molecule has 0 aliphatic carbocycles. The second kappa shape index (κ2) is 4.98. The Bertz CT molecular complexity index is 155. The summed E-state index contributed by atoms with van der Waals surface area (Å²) in [7, 11) is 0. The molecule has 0 atom stereocenters. The van der Waals surface area contributed by atoms with Gasteiger partial charge in [-0.3, -0.25) is 9.79 Å². The molecule has 0 spiro atoms. The second-order valence-electron chi connectivity index (χ2n) is 1.52. The summed E-state index contributed by atoms with van der Waals surface area (Å²) in [6, 6.07) is 0. The first-order valence-corrected chi connectivity index (χ1v) is 2.60. The average molecular weight is 124 g/mol. The van der Waals surface area contributed by atoms with Gasteiger partial charge >= 0.3 is 0 Å². The van der Waals surface area contributed by atoms with Crippen molar-refractivity contribution in [2.75, 3.05) is 13.1 Å². The Balaban J connectivity index is 3.46. The molecule has 0 aromatic rings. The first kappa shape index (κ1) is 7.83. The Hall–Kier alpha value is -1.17. The van der Waals surface area contributed by atoms with Crippen LogP contribution < -0.4 is 0 Å². The fourth-order valence-electron chi connectivity index (χ4n) is 0.314. The fraction of sp³-hybridized carbons (Fsp3) is 0.500. The second-order valence-corrected chi connectivity index (χ2v) is 1.52. The van der Waals surface area contributed by atoms with Gasteiger partial charge in [0.05, 0.1) is 5.71 Å². The van der Waals surface area contributed by atoms with Gasteiger partial charge in [0.25, 0.3) is 0 Å². The summed E-state index contributed by atoms with van der Waals surface area (Å²) in [4.78, 5) is 16.7. The highest BCUT2D eigenvalue weighted by atomic mass is 16.1. The van der Waals surface area contributed by atoms with Crippen LogP contribution in [-0.4, -0.2) is 25.1 Å². The molecular weight excluding hydrogens is 116 g/mol. The standard InChI is InChI=1S/C6H8N2O/c1-6(5-9)8-4-3-7-2/h5H,3-4H2,1H3. The number of aldehydes is 1. The van der Waals surface area contributed by atoms with E-state index in [0.29, 0.717) is 25.1 Å². The van der Waals surface area contributed by atoms with Crippen molar-refractivity contribution < 1.29 is 4.79 Å². The van der Waals surface area contributed by atoms with Gasteiger partial charge in [0.2, 0.25) is 6.54 Å². The molecule has 0 bridgehead atoms. The van der Waals surface area contributed by atoms with Crippen LogP contribution in [-0.2, 0) is 4.79 Å². The minimum Gasteiger partial charge on any atom is -0.315 e. The van der Waals surface area contributed by atoms with Gasteiger partial charge in [-0.2, -0.15) is 0 Å². The summed E-state index contributed by atoms with van der Waals surface area (Å²) < 4.78 is 0. The van der Waals surface area contributed by atoms with Crippen molar-refractivity contribution in [3.8, 4) is 0 Å². The van der Waals surface area contributed by atoms with Crippen molar-refractivity contribution in [1.29, 1.82) is 0 Å². The van der Waals surface area contributed by atoms with Gasteiger partial charge < -0.3 is 4.85 Å². The zero-order valence-corrected chi connectivity index (χ0v) is 5.29. The quantitative estimate of drug-likeness (QED) is 0.234. The largest absolute Gasteiger partial charge is 0.315 e. The van der Waals surface area contributed by atoms with Gasteiger partial charge in [0.15, 0.2) is 6.29 Å². The van der Waals surface area contributed by atoms with E-state index in [9.17, 15) is 4.79 Å². The van der Waals surface area contributed by atoms with Crippen molar-refractivity contribution in [3.63, 3.8) is 0 Å². The highest BCUT2D eigenvalue weighted by Gasteiger charge is 1.85. The van der Waals surface area contributed by atoms with Crippen LogP contribution in [0.4, 0.5) is 0 Å². The molecule has 0 aromatic heterocycles. The number of nitrogens with zero attached hydrogens (tertiary/aromatic N) is 2. The molecule has 0 aliphatic heterocycles. The van der Waals surface area contributed by atoms with E-state index in [1.807, 2.05) is 0 Å². The molecule has 3 nitrogen and oxygen atoms in total. The third-order valence-corrected chi connectivity index (χ3v) is 0.744. The first-order chi connectivity index (χ1) is 4.31. The van der Waals surface area contributed by atoms with Crippen LogP contribution in [0.2, 0.25) is 0 Å². The predicted molar refractivity (Wildman–Crippen MR) is 35.5 cm³/mol. The van der Waals surface area contributed by atoms with E-state index >= 15 is 0 Å². The normalized spacial score (nSPS) is 10.4. The minimum absolute atomic E-state index is 0.366. The summed E-state index contributed by atoms with van der Waals surface area (Å²) in [6.07, 6.45) is 0.684. The summed E-state index contributed by atoms with van der Waals surface area (Å²) in [6.45, 7) is 8.80. The molecule has 3 heteroatoms. The number of aliphatic imine (C=N–C) groups is 1. The molecule has 0 rings (SSSR count). The summed E-state index contributed by atoms with van der Waals surface area (Å²) >= 11 is 0. The van der Waals surface area contributed by atoms with Crippen molar-refractivity contribution in [2.24, 2.45) is 4.99 Å². The van der Waals surface area contributed by atoms with Crippen LogP contribution in [0.1, 0.15) is 6.92 Å². The van der Waals surface area contributed by atoms with E-state index in [2.05, 4.69) is 9.84 Å². The zero-order valence-electron chi connectivity index (χ0n) is 5.29. The molecule has 0 heterocycles. The summed E-state index contributed by atoms with van der Waals surface area (Å²) in [5, 5.41) is 0. The zero-order chi connectivity index (χ0) is 7.11. The van der Waals surface area contributed by atoms with Gasteiger partial charge in [-0.1, -0.05) is 0 Å². The minimum atomic E-state index is 0.366. The van der Waals surface area contributed by atoms with E-state index in [1.165, 1.54) is 0 Å². The monoisotopic (exact) mass is 124 g/mol. The van der Waals surface area contributed by atoms with Crippen molar-refractivity contribution in [3.05, 3.63) is 11.4 Å². The fourth-order valence-corrected chi connectivity index (χ4v) is 0.314. The SMILES string of the molecule is [C-]#[N+]CCN=C(C)C=O. The Kier molecular flexibility index (Phi) is 4.33. The first-order valence-electron chi connectivity index (χ1n) is 2.60. The Morgan fingerprint density at radius 1 is 1.89 bits per heavy atom. The van der Waals surface area contributed by atoms with Gasteiger partial charge in [-0.05, 0) is 6.92 Å². The van der Waals surface area contributed by atoms with E-state index in [1.54, 1.807) is 6.92 Å². The molecular formula is C6H8N2O. The van der Waals surface area contributed by atoms with E-state index in [-0.39, 0.29) is 0 Å². The van der Waals surface area contributed by atoms with E-state index in [0.717, 1.165) is 0 Å². The number of hydrogen-bond donors (Lipinski definition) is 0. The van der Waals surface area contributed by atoms with Crippen molar-refractivity contribution in [2.45, 2.75) is 6.92 Å². The van der Waals surface area contributed by atoms with Crippen molar-refractivity contribution in [1.82, 2.24) is 0 Å². The van der Waals surface area contributed by atoms with Crippen LogP contribution in [0, 0.1) is 6.57 Å². The average Bonchev–Trinajstić information content (AvgIpc) is 1.89. The third kappa shape index (κ3) is 4.69. The molecule has 48 valence electrons. The maximum Gasteiger partial charge on any atom is 0.233 e. The molecule has 0 saturated heterocycles. The maximum absolute atomic E-state index is 9.89.